The lowest BCUT2D eigenvalue weighted by Crippen LogP contribution is -2.02. The summed E-state index contributed by atoms with van der Waals surface area (Å²) in [5, 5.41) is 13.1. The number of phenols is 1. The topological polar surface area (TPSA) is 63.3 Å². The zero-order chi connectivity index (χ0) is 17.0. The van der Waals surface area contributed by atoms with E-state index in [-0.39, 0.29) is 5.75 Å². The molecule has 0 saturated carbocycles. The molecule has 0 atom stereocenters. The Kier molecular flexibility index (Phi) is 2.93. The fraction of sp³-hybridized carbons (Fsp3) is 0. The summed E-state index contributed by atoms with van der Waals surface area (Å²) in [6.07, 6.45) is 0. The van der Waals surface area contributed by atoms with E-state index < -0.39 is 5.63 Å². The fourth-order valence-electron chi connectivity index (χ4n) is 3.08. The van der Waals surface area contributed by atoms with E-state index in [2.05, 4.69) is 4.98 Å². The molecule has 0 unspecified atom stereocenters. The maximum Gasteiger partial charge on any atom is 0.346 e. The first kappa shape index (κ1) is 14.2. The highest BCUT2D eigenvalue weighted by atomic mass is 32.1. The van der Waals surface area contributed by atoms with Gasteiger partial charge in [-0.3, -0.25) is 0 Å². The maximum absolute atomic E-state index is 12.5. The lowest BCUT2D eigenvalue weighted by Gasteiger charge is -2.06. The van der Waals surface area contributed by atoms with Gasteiger partial charge in [-0.15, -0.1) is 11.3 Å². The molecule has 0 aliphatic carbocycles. The number of nitrogens with zero attached hydrogens (tertiary/aromatic N) is 1. The van der Waals surface area contributed by atoms with Gasteiger partial charge in [0.2, 0.25) is 0 Å². The van der Waals surface area contributed by atoms with E-state index in [0.29, 0.717) is 16.2 Å². The minimum atomic E-state index is -0.457. The van der Waals surface area contributed by atoms with E-state index in [0.717, 1.165) is 26.4 Å². The molecular weight excluding hydrogens is 334 g/mol. The Balaban J connectivity index is 1.87. The lowest BCUT2D eigenvalue weighted by atomic mass is 10.0. The number of thiazole rings is 1. The third-order valence-electron chi connectivity index (χ3n) is 4.26. The summed E-state index contributed by atoms with van der Waals surface area (Å²) in [5.41, 5.74) is 1.20. The van der Waals surface area contributed by atoms with Crippen molar-refractivity contribution < 1.29 is 9.52 Å². The van der Waals surface area contributed by atoms with Gasteiger partial charge in [-0.05, 0) is 23.6 Å². The van der Waals surface area contributed by atoms with Crippen molar-refractivity contribution in [3.05, 3.63) is 71.1 Å². The summed E-state index contributed by atoms with van der Waals surface area (Å²) in [7, 11) is 0. The van der Waals surface area contributed by atoms with Gasteiger partial charge in [0.1, 0.15) is 16.3 Å². The predicted octanol–water partition coefficient (Wildman–Crippen LogP) is 4.93. The van der Waals surface area contributed by atoms with Crippen molar-refractivity contribution in [3.8, 4) is 16.3 Å². The highest BCUT2D eigenvalue weighted by Crippen LogP contribution is 2.35. The Bertz CT molecular complexity index is 1300. The van der Waals surface area contributed by atoms with Gasteiger partial charge >= 0.3 is 5.63 Å². The zero-order valence-electron chi connectivity index (χ0n) is 12.9. The standard InChI is InChI=1S/C20H11NO3S/c22-16-10-17-13(11-5-1-2-6-12(11)16)9-14(20(23)24-17)19-21-15-7-3-4-8-18(15)25-19/h1-10,22H. The summed E-state index contributed by atoms with van der Waals surface area (Å²) in [4.78, 5) is 17.0. The number of aromatic hydroxyl groups is 1. The van der Waals surface area contributed by atoms with Crippen LogP contribution in [0.2, 0.25) is 0 Å². The van der Waals surface area contributed by atoms with Crippen LogP contribution in [0, 0.1) is 0 Å². The molecular formula is C20H11NO3S. The molecule has 5 heteroatoms. The predicted molar refractivity (Wildman–Crippen MR) is 100 cm³/mol. The van der Waals surface area contributed by atoms with Crippen LogP contribution in [0.25, 0.3) is 42.5 Å². The average Bonchev–Trinajstić information content (AvgIpc) is 3.05. The van der Waals surface area contributed by atoms with Gasteiger partial charge in [0, 0.05) is 16.8 Å². The molecule has 2 heterocycles. The van der Waals surface area contributed by atoms with Crippen molar-refractivity contribution in [2.24, 2.45) is 0 Å². The Morgan fingerprint density at radius 1 is 0.920 bits per heavy atom. The van der Waals surface area contributed by atoms with Crippen molar-refractivity contribution in [1.29, 1.82) is 0 Å². The van der Waals surface area contributed by atoms with E-state index in [4.69, 9.17) is 4.42 Å². The first-order valence-corrected chi connectivity index (χ1v) is 8.57. The molecule has 1 N–H and O–H groups in total. The van der Waals surface area contributed by atoms with Crippen molar-refractivity contribution >= 4 is 43.3 Å². The molecule has 5 aromatic rings. The summed E-state index contributed by atoms with van der Waals surface area (Å²) >= 11 is 1.46. The minimum Gasteiger partial charge on any atom is -0.507 e. The van der Waals surface area contributed by atoms with E-state index in [1.807, 2.05) is 48.5 Å². The molecule has 0 aliphatic rings. The van der Waals surface area contributed by atoms with Gasteiger partial charge < -0.3 is 9.52 Å². The van der Waals surface area contributed by atoms with Crippen LogP contribution in [0.1, 0.15) is 0 Å². The van der Waals surface area contributed by atoms with Gasteiger partial charge in [-0.25, -0.2) is 9.78 Å². The van der Waals surface area contributed by atoms with Crippen molar-refractivity contribution in [2.45, 2.75) is 0 Å². The molecule has 0 bridgehead atoms. The van der Waals surface area contributed by atoms with E-state index in [9.17, 15) is 9.90 Å². The van der Waals surface area contributed by atoms with Crippen molar-refractivity contribution in [3.63, 3.8) is 0 Å². The molecule has 0 spiro atoms. The largest absolute Gasteiger partial charge is 0.507 e. The van der Waals surface area contributed by atoms with Crippen LogP contribution in [-0.4, -0.2) is 10.1 Å². The van der Waals surface area contributed by atoms with E-state index in [1.54, 1.807) is 6.07 Å². The molecule has 0 aliphatic heterocycles. The summed E-state index contributed by atoms with van der Waals surface area (Å²) < 4.78 is 6.50. The molecule has 4 nitrogen and oxygen atoms in total. The summed E-state index contributed by atoms with van der Waals surface area (Å²) in [6.45, 7) is 0. The number of hydrogen-bond donors (Lipinski definition) is 1. The SMILES string of the molecule is O=c1oc2cc(O)c3ccccc3c2cc1-c1nc2ccccc2s1. The number of phenolic OH excluding ortho intramolecular Hbond substituents is 1. The van der Waals surface area contributed by atoms with Crippen LogP contribution in [0.3, 0.4) is 0 Å². The van der Waals surface area contributed by atoms with Crippen LogP contribution in [0.5, 0.6) is 5.75 Å². The van der Waals surface area contributed by atoms with Crippen LogP contribution in [0.15, 0.2) is 69.9 Å². The second-order valence-corrected chi connectivity index (χ2v) is 6.82. The summed E-state index contributed by atoms with van der Waals surface area (Å²) in [5.74, 6) is 0.0963. The Labute approximate surface area is 145 Å². The Morgan fingerprint density at radius 2 is 1.68 bits per heavy atom. The van der Waals surface area contributed by atoms with Gasteiger partial charge in [-0.1, -0.05) is 36.4 Å². The number of para-hydroxylation sites is 1. The van der Waals surface area contributed by atoms with Crippen LogP contribution in [0.4, 0.5) is 0 Å². The Hall–Kier alpha value is -3.18. The van der Waals surface area contributed by atoms with Gasteiger partial charge in [0.25, 0.3) is 0 Å². The Morgan fingerprint density at radius 3 is 2.52 bits per heavy atom. The molecule has 25 heavy (non-hydrogen) atoms. The zero-order valence-corrected chi connectivity index (χ0v) is 13.7. The number of fused-ring (bicyclic) bond motifs is 4. The molecule has 5 rings (SSSR count). The van der Waals surface area contributed by atoms with Crippen LogP contribution in [-0.2, 0) is 0 Å². The van der Waals surface area contributed by atoms with Gasteiger partial charge in [-0.2, -0.15) is 0 Å². The monoisotopic (exact) mass is 345 g/mol. The quantitative estimate of drug-likeness (QED) is 0.346. The molecule has 0 radical (unpaired) electrons. The number of rotatable bonds is 1. The second kappa shape index (κ2) is 5.16. The number of benzene rings is 3. The molecule has 0 saturated heterocycles. The molecule has 0 fully saturated rings. The number of aromatic nitrogens is 1. The fourth-order valence-corrected chi connectivity index (χ4v) is 4.05. The van der Waals surface area contributed by atoms with E-state index >= 15 is 0 Å². The van der Waals surface area contributed by atoms with Crippen LogP contribution >= 0.6 is 11.3 Å². The van der Waals surface area contributed by atoms with Gasteiger partial charge in [0.05, 0.1) is 15.8 Å². The normalized spacial score (nSPS) is 11.5. The molecule has 2 aromatic heterocycles. The third-order valence-corrected chi connectivity index (χ3v) is 5.33. The lowest BCUT2D eigenvalue weighted by molar-refractivity contribution is 0.479. The highest BCUT2D eigenvalue weighted by molar-refractivity contribution is 7.21. The maximum atomic E-state index is 12.5. The first-order chi connectivity index (χ1) is 12.2. The van der Waals surface area contributed by atoms with Gasteiger partial charge in [0.15, 0.2) is 0 Å². The third kappa shape index (κ3) is 2.13. The van der Waals surface area contributed by atoms with Crippen LogP contribution < -0.4 is 5.63 Å². The number of hydrogen-bond acceptors (Lipinski definition) is 5. The molecule has 3 aromatic carbocycles. The first-order valence-electron chi connectivity index (χ1n) is 7.75. The van der Waals surface area contributed by atoms with Crippen molar-refractivity contribution in [1.82, 2.24) is 4.98 Å². The molecule has 0 amide bonds. The van der Waals surface area contributed by atoms with Crippen molar-refractivity contribution in [2.75, 3.05) is 0 Å². The highest BCUT2D eigenvalue weighted by Gasteiger charge is 2.15. The van der Waals surface area contributed by atoms with E-state index in [1.165, 1.54) is 17.4 Å². The molecule has 120 valence electrons. The minimum absolute atomic E-state index is 0.0963. The average molecular weight is 345 g/mol. The second-order valence-electron chi connectivity index (χ2n) is 5.79. The smallest absolute Gasteiger partial charge is 0.346 e. The summed E-state index contributed by atoms with van der Waals surface area (Å²) in [6, 6.07) is 18.6.